The molecule has 6 nitrogen and oxygen atoms in total. The van der Waals surface area contributed by atoms with Crippen LogP contribution in [0.1, 0.15) is 15.9 Å². The molecule has 0 spiro atoms. The summed E-state index contributed by atoms with van der Waals surface area (Å²) in [6, 6.07) is 14.8. The van der Waals surface area contributed by atoms with E-state index in [0.29, 0.717) is 17.0 Å². The maximum Gasteiger partial charge on any atom is 0.416 e. The van der Waals surface area contributed by atoms with E-state index in [-0.39, 0.29) is 16.8 Å². The first-order chi connectivity index (χ1) is 16.8. The van der Waals surface area contributed by atoms with Crippen molar-refractivity contribution in [2.75, 3.05) is 5.32 Å². The fourth-order valence-electron chi connectivity index (χ4n) is 3.60. The third-order valence-corrected chi connectivity index (χ3v) is 5.29. The van der Waals surface area contributed by atoms with E-state index < -0.39 is 23.5 Å². The topological polar surface area (TPSA) is 72.2 Å². The van der Waals surface area contributed by atoms with Crippen LogP contribution in [-0.2, 0) is 6.18 Å². The SMILES string of the molecule is O=C(Nc1ccc(F)c(-c2ccnc3cc(-c4ccncc4)nn23)c1)c1cccc(C(F)(F)F)c1. The van der Waals surface area contributed by atoms with Gasteiger partial charge in [0.05, 0.1) is 17.0 Å². The number of halogens is 4. The molecular weight excluding hydrogens is 462 g/mol. The molecule has 0 atom stereocenters. The van der Waals surface area contributed by atoms with Crippen molar-refractivity contribution in [2.45, 2.75) is 6.18 Å². The van der Waals surface area contributed by atoms with Gasteiger partial charge in [0.25, 0.3) is 5.91 Å². The number of nitrogens with zero attached hydrogens (tertiary/aromatic N) is 4. The fraction of sp³-hybridized carbons (Fsp3) is 0.0400. The van der Waals surface area contributed by atoms with Gasteiger partial charge >= 0.3 is 6.18 Å². The highest BCUT2D eigenvalue weighted by Gasteiger charge is 2.31. The normalized spacial score (nSPS) is 11.5. The molecule has 1 N–H and O–H groups in total. The Balaban J connectivity index is 1.50. The van der Waals surface area contributed by atoms with Crippen LogP contribution >= 0.6 is 0 Å². The van der Waals surface area contributed by atoms with Crippen LogP contribution in [-0.4, -0.2) is 25.5 Å². The Morgan fingerprint density at radius 1 is 0.914 bits per heavy atom. The monoisotopic (exact) mass is 477 g/mol. The summed E-state index contributed by atoms with van der Waals surface area (Å²) in [7, 11) is 0. The summed E-state index contributed by atoms with van der Waals surface area (Å²) in [5.41, 5.74) is 1.49. The predicted octanol–water partition coefficient (Wildman–Crippen LogP) is 5.87. The highest BCUT2D eigenvalue weighted by atomic mass is 19.4. The Hall–Kier alpha value is -4.60. The van der Waals surface area contributed by atoms with Crippen LogP contribution in [0.2, 0.25) is 0 Å². The lowest BCUT2D eigenvalue weighted by molar-refractivity contribution is -0.137. The lowest BCUT2D eigenvalue weighted by Gasteiger charge is -2.11. The number of aromatic nitrogens is 4. The number of rotatable bonds is 4. The number of carbonyl (C=O) groups is 1. The molecular formula is C25H15F4N5O. The van der Waals surface area contributed by atoms with Gasteiger partial charge in [-0.05, 0) is 54.6 Å². The highest BCUT2D eigenvalue weighted by Crippen LogP contribution is 2.31. The largest absolute Gasteiger partial charge is 0.416 e. The Bertz CT molecular complexity index is 1550. The summed E-state index contributed by atoms with van der Waals surface area (Å²) in [6.45, 7) is 0. The molecule has 3 heterocycles. The second-order valence-electron chi connectivity index (χ2n) is 7.59. The Labute approximate surface area is 195 Å². The molecule has 35 heavy (non-hydrogen) atoms. The van der Waals surface area contributed by atoms with E-state index in [0.717, 1.165) is 29.8 Å². The third kappa shape index (κ3) is 4.45. The van der Waals surface area contributed by atoms with Gasteiger partial charge in [0.2, 0.25) is 0 Å². The molecule has 0 saturated heterocycles. The number of amides is 1. The van der Waals surface area contributed by atoms with Gasteiger partial charge in [-0.2, -0.15) is 18.3 Å². The second-order valence-corrected chi connectivity index (χ2v) is 7.59. The van der Waals surface area contributed by atoms with E-state index in [1.54, 1.807) is 36.7 Å². The molecule has 0 fully saturated rings. The van der Waals surface area contributed by atoms with Gasteiger partial charge in [-0.15, -0.1) is 0 Å². The zero-order chi connectivity index (χ0) is 24.6. The van der Waals surface area contributed by atoms with Crippen molar-refractivity contribution in [3.63, 3.8) is 0 Å². The van der Waals surface area contributed by atoms with Gasteiger partial charge < -0.3 is 5.32 Å². The number of hydrogen-bond donors (Lipinski definition) is 1. The maximum absolute atomic E-state index is 14.8. The number of alkyl halides is 3. The summed E-state index contributed by atoms with van der Waals surface area (Å²) >= 11 is 0. The Morgan fingerprint density at radius 3 is 2.49 bits per heavy atom. The lowest BCUT2D eigenvalue weighted by Crippen LogP contribution is -2.14. The first-order valence-electron chi connectivity index (χ1n) is 10.3. The first kappa shape index (κ1) is 22.2. The van der Waals surface area contributed by atoms with Crippen LogP contribution in [0, 0.1) is 5.82 Å². The maximum atomic E-state index is 14.8. The van der Waals surface area contributed by atoms with Gasteiger partial charge in [0.15, 0.2) is 5.65 Å². The number of hydrogen-bond acceptors (Lipinski definition) is 4. The number of pyridine rings is 1. The van der Waals surface area contributed by atoms with Crippen molar-refractivity contribution in [3.8, 4) is 22.5 Å². The van der Waals surface area contributed by atoms with Crippen LogP contribution in [0.4, 0.5) is 23.2 Å². The summed E-state index contributed by atoms with van der Waals surface area (Å²) in [5.74, 6) is -1.33. The lowest BCUT2D eigenvalue weighted by atomic mass is 10.1. The zero-order valence-electron chi connectivity index (χ0n) is 17.8. The molecule has 5 aromatic rings. The van der Waals surface area contributed by atoms with E-state index in [1.165, 1.54) is 28.9 Å². The molecule has 0 unspecified atom stereocenters. The molecule has 0 saturated carbocycles. The second kappa shape index (κ2) is 8.64. The molecule has 0 aliphatic rings. The number of fused-ring (bicyclic) bond motifs is 1. The van der Waals surface area contributed by atoms with Crippen molar-refractivity contribution >= 4 is 17.2 Å². The van der Waals surface area contributed by atoms with Gasteiger partial charge in [-0.25, -0.2) is 13.9 Å². The summed E-state index contributed by atoms with van der Waals surface area (Å²) in [6.07, 6.45) is 0.189. The number of anilines is 1. The zero-order valence-corrected chi connectivity index (χ0v) is 17.8. The first-order valence-corrected chi connectivity index (χ1v) is 10.3. The number of carbonyl (C=O) groups excluding carboxylic acids is 1. The molecule has 10 heteroatoms. The van der Waals surface area contributed by atoms with Crippen LogP contribution in [0.5, 0.6) is 0 Å². The van der Waals surface area contributed by atoms with Crippen molar-refractivity contribution in [2.24, 2.45) is 0 Å². The quantitative estimate of drug-likeness (QED) is 0.329. The predicted molar refractivity (Wildman–Crippen MR) is 121 cm³/mol. The minimum atomic E-state index is -4.58. The molecule has 3 aromatic heterocycles. The minimum Gasteiger partial charge on any atom is -0.322 e. The number of nitrogens with one attached hydrogen (secondary N) is 1. The van der Waals surface area contributed by atoms with Crippen LogP contribution in [0.3, 0.4) is 0 Å². The molecule has 0 bridgehead atoms. The molecule has 0 aliphatic heterocycles. The van der Waals surface area contributed by atoms with Crippen LogP contribution in [0.25, 0.3) is 28.2 Å². The summed E-state index contributed by atoms with van der Waals surface area (Å²) < 4.78 is 55.3. The van der Waals surface area contributed by atoms with E-state index in [2.05, 4.69) is 20.4 Å². The number of benzene rings is 2. The molecule has 0 radical (unpaired) electrons. The third-order valence-electron chi connectivity index (χ3n) is 5.29. The summed E-state index contributed by atoms with van der Waals surface area (Å²) in [4.78, 5) is 20.9. The van der Waals surface area contributed by atoms with Crippen molar-refractivity contribution in [3.05, 3.63) is 102 Å². The highest BCUT2D eigenvalue weighted by molar-refractivity contribution is 6.04. The van der Waals surface area contributed by atoms with Gasteiger partial charge in [-0.3, -0.25) is 9.78 Å². The van der Waals surface area contributed by atoms with Crippen molar-refractivity contribution in [1.82, 2.24) is 19.6 Å². The molecule has 5 rings (SSSR count). The molecule has 1 amide bonds. The molecule has 0 aliphatic carbocycles. The van der Waals surface area contributed by atoms with E-state index in [4.69, 9.17) is 0 Å². The van der Waals surface area contributed by atoms with Crippen molar-refractivity contribution in [1.29, 1.82) is 0 Å². The van der Waals surface area contributed by atoms with Crippen molar-refractivity contribution < 1.29 is 22.4 Å². The minimum absolute atomic E-state index is 0.128. The molecule has 2 aromatic carbocycles. The fourth-order valence-corrected chi connectivity index (χ4v) is 3.60. The molecule has 174 valence electrons. The summed E-state index contributed by atoms with van der Waals surface area (Å²) in [5, 5.41) is 7.07. The smallest absolute Gasteiger partial charge is 0.322 e. The van der Waals surface area contributed by atoms with E-state index in [9.17, 15) is 22.4 Å². The average molecular weight is 477 g/mol. The van der Waals surface area contributed by atoms with Crippen LogP contribution < -0.4 is 5.32 Å². The average Bonchev–Trinajstić information content (AvgIpc) is 3.30. The Kier molecular flexibility index (Phi) is 5.48. The van der Waals surface area contributed by atoms with Gasteiger partial charge in [0.1, 0.15) is 5.82 Å². The van der Waals surface area contributed by atoms with Crippen LogP contribution in [0.15, 0.2) is 85.3 Å². The van der Waals surface area contributed by atoms with E-state index in [1.807, 2.05) is 0 Å². The standard InChI is InChI=1S/C25H15F4N5O/c26-20-5-4-18(32-24(35)16-2-1-3-17(12-16)25(27,28)29)13-19(20)22-8-11-31-23-14-21(33-34(22)23)15-6-9-30-10-7-15/h1-14H,(H,32,35). The van der Waals surface area contributed by atoms with Gasteiger partial charge in [0, 0.05) is 47.0 Å². The van der Waals surface area contributed by atoms with Gasteiger partial charge in [-0.1, -0.05) is 6.07 Å². The van der Waals surface area contributed by atoms with E-state index >= 15 is 0 Å². The Morgan fingerprint density at radius 2 is 1.71 bits per heavy atom.